The second-order valence-corrected chi connectivity index (χ2v) is 8.69. The lowest BCUT2D eigenvalue weighted by Gasteiger charge is -2.09. The Balaban J connectivity index is 1.22. The van der Waals surface area contributed by atoms with E-state index in [-0.39, 0.29) is 18.2 Å². The first-order valence-corrected chi connectivity index (χ1v) is 12.1. The number of hydrogen-bond donors (Lipinski definition) is 3. The third kappa shape index (κ3) is 4.78. The zero-order chi connectivity index (χ0) is 26.8. The quantitative estimate of drug-likeness (QED) is 0.269. The number of aromatic nitrogens is 5. The van der Waals surface area contributed by atoms with Gasteiger partial charge in [0.15, 0.2) is 5.76 Å². The van der Waals surface area contributed by atoms with Crippen molar-refractivity contribution in [3.63, 3.8) is 0 Å². The number of nitrogens with one attached hydrogen (secondary N) is 2. The summed E-state index contributed by atoms with van der Waals surface area (Å²) in [6.07, 6.45) is 3.33. The highest BCUT2D eigenvalue weighted by Crippen LogP contribution is 2.35. The minimum absolute atomic E-state index is 0.0655. The highest BCUT2D eigenvalue weighted by molar-refractivity contribution is 5.97. The van der Waals surface area contributed by atoms with E-state index in [0.717, 1.165) is 16.6 Å². The molecule has 0 saturated heterocycles. The van der Waals surface area contributed by atoms with Crippen LogP contribution < -0.4 is 10.1 Å². The van der Waals surface area contributed by atoms with Crippen molar-refractivity contribution < 1.29 is 19.2 Å². The molecule has 3 N–H and O–H groups in total. The molecule has 10 heteroatoms. The standard InChI is InChI=1S/C29H22N6O4/c1-38-29-20(5-4-12-31-29)17-8-10-26(36)21(13-17)27-33-23-9-7-18(14-24(23)34-27)28(37)32-16-19-15-25(35-39-19)22-6-2-3-11-30-22/h2-15,36H,16H2,1H3,(H,32,37)(H,33,34). The van der Waals surface area contributed by atoms with Crippen LogP contribution in [0.25, 0.3) is 44.9 Å². The second-order valence-electron chi connectivity index (χ2n) is 8.69. The number of fused-ring (bicyclic) bond motifs is 1. The Morgan fingerprint density at radius 1 is 0.974 bits per heavy atom. The van der Waals surface area contributed by atoms with Gasteiger partial charge in [-0.3, -0.25) is 9.78 Å². The number of aromatic amines is 1. The Kier molecular flexibility index (Phi) is 6.18. The van der Waals surface area contributed by atoms with Gasteiger partial charge in [-0.25, -0.2) is 9.97 Å². The number of aromatic hydroxyl groups is 1. The molecule has 192 valence electrons. The number of ether oxygens (including phenoxy) is 1. The molecule has 0 atom stereocenters. The summed E-state index contributed by atoms with van der Waals surface area (Å²) >= 11 is 0. The Labute approximate surface area is 222 Å². The van der Waals surface area contributed by atoms with Gasteiger partial charge in [0, 0.05) is 29.6 Å². The maximum Gasteiger partial charge on any atom is 0.251 e. The summed E-state index contributed by atoms with van der Waals surface area (Å²) in [7, 11) is 1.56. The molecule has 0 aliphatic heterocycles. The summed E-state index contributed by atoms with van der Waals surface area (Å²) in [6, 6.07) is 21.4. The third-order valence-corrected chi connectivity index (χ3v) is 6.18. The predicted molar refractivity (Wildman–Crippen MR) is 144 cm³/mol. The molecule has 1 amide bonds. The summed E-state index contributed by atoms with van der Waals surface area (Å²) in [5.41, 5.74) is 5.13. The van der Waals surface area contributed by atoms with Crippen LogP contribution in [0.3, 0.4) is 0 Å². The smallest absolute Gasteiger partial charge is 0.251 e. The average molecular weight is 519 g/mol. The molecule has 10 nitrogen and oxygen atoms in total. The van der Waals surface area contributed by atoms with Crippen molar-refractivity contribution in [1.29, 1.82) is 0 Å². The SMILES string of the molecule is COc1ncccc1-c1ccc(O)c(-c2nc3cc(C(=O)NCc4cc(-c5ccccn5)no4)ccc3[nH]2)c1. The molecule has 0 saturated carbocycles. The maximum absolute atomic E-state index is 12.9. The van der Waals surface area contributed by atoms with E-state index in [1.165, 1.54) is 0 Å². The van der Waals surface area contributed by atoms with E-state index in [0.29, 0.717) is 45.5 Å². The molecule has 39 heavy (non-hydrogen) atoms. The largest absolute Gasteiger partial charge is 0.507 e. The Morgan fingerprint density at radius 2 is 1.87 bits per heavy atom. The molecular weight excluding hydrogens is 496 g/mol. The topological polar surface area (TPSA) is 139 Å². The molecule has 6 aromatic rings. The summed E-state index contributed by atoms with van der Waals surface area (Å²) in [6.45, 7) is 0.168. The summed E-state index contributed by atoms with van der Waals surface area (Å²) in [4.78, 5) is 29.2. The number of amides is 1. The first kappa shape index (κ1) is 23.9. The Morgan fingerprint density at radius 3 is 2.72 bits per heavy atom. The fourth-order valence-electron chi connectivity index (χ4n) is 4.24. The van der Waals surface area contributed by atoms with Gasteiger partial charge in [0.2, 0.25) is 5.88 Å². The van der Waals surface area contributed by atoms with Gasteiger partial charge >= 0.3 is 0 Å². The van der Waals surface area contributed by atoms with Gasteiger partial charge in [-0.05, 0) is 60.2 Å². The van der Waals surface area contributed by atoms with Crippen LogP contribution in [0.1, 0.15) is 16.1 Å². The average Bonchev–Trinajstić information content (AvgIpc) is 3.63. The van der Waals surface area contributed by atoms with E-state index in [9.17, 15) is 9.90 Å². The Hall–Kier alpha value is -5.51. The molecule has 4 aromatic heterocycles. The van der Waals surface area contributed by atoms with E-state index in [4.69, 9.17) is 9.26 Å². The molecule has 0 unspecified atom stereocenters. The van der Waals surface area contributed by atoms with Gasteiger partial charge < -0.3 is 24.7 Å². The van der Waals surface area contributed by atoms with Crippen LogP contribution in [0.2, 0.25) is 0 Å². The molecule has 4 heterocycles. The van der Waals surface area contributed by atoms with Crippen LogP contribution in [-0.4, -0.2) is 43.2 Å². The van der Waals surface area contributed by atoms with Gasteiger partial charge in [0.1, 0.15) is 17.3 Å². The van der Waals surface area contributed by atoms with E-state index in [1.807, 2.05) is 36.4 Å². The van der Waals surface area contributed by atoms with Crippen LogP contribution >= 0.6 is 0 Å². The highest BCUT2D eigenvalue weighted by atomic mass is 16.5. The van der Waals surface area contributed by atoms with Gasteiger partial charge in [0.05, 0.1) is 35.9 Å². The van der Waals surface area contributed by atoms with E-state index in [1.54, 1.807) is 55.9 Å². The van der Waals surface area contributed by atoms with Crippen LogP contribution in [0.4, 0.5) is 0 Å². The van der Waals surface area contributed by atoms with E-state index >= 15 is 0 Å². The number of pyridine rings is 2. The van der Waals surface area contributed by atoms with Gasteiger partial charge in [-0.2, -0.15) is 0 Å². The molecule has 0 bridgehead atoms. The first-order chi connectivity index (χ1) is 19.1. The molecule has 0 aliphatic carbocycles. The van der Waals surface area contributed by atoms with Crippen molar-refractivity contribution >= 4 is 16.9 Å². The van der Waals surface area contributed by atoms with E-state index in [2.05, 4.69) is 30.4 Å². The monoisotopic (exact) mass is 518 g/mol. The van der Waals surface area contributed by atoms with Gasteiger partial charge in [-0.1, -0.05) is 17.3 Å². The molecule has 0 spiro atoms. The lowest BCUT2D eigenvalue weighted by molar-refractivity contribution is 0.0947. The van der Waals surface area contributed by atoms with Crippen LogP contribution in [0, 0.1) is 0 Å². The molecule has 0 radical (unpaired) electrons. The van der Waals surface area contributed by atoms with Crippen LogP contribution in [-0.2, 0) is 6.54 Å². The molecule has 0 aliphatic rings. The number of benzene rings is 2. The fourth-order valence-corrected chi connectivity index (χ4v) is 4.24. The van der Waals surface area contributed by atoms with E-state index < -0.39 is 0 Å². The number of carbonyl (C=O) groups excluding carboxylic acids is 1. The van der Waals surface area contributed by atoms with Crippen molar-refractivity contribution in [2.45, 2.75) is 6.54 Å². The molecular formula is C29H22N6O4. The lowest BCUT2D eigenvalue weighted by atomic mass is 10.0. The summed E-state index contributed by atoms with van der Waals surface area (Å²) in [5.74, 6) is 1.23. The fraction of sp³-hybridized carbons (Fsp3) is 0.0690. The molecule has 6 rings (SSSR count). The highest BCUT2D eigenvalue weighted by Gasteiger charge is 2.16. The minimum atomic E-state index is -0.286. The minimum Gasteiger partial charge on any atom is -0.507 e. The Bertz CT molecular complexity index is 1790. The maximum atomic E-state index is 12.9. The number of phenolic OH excluding ortho intramolecular Hbond substituents is 1. The number of nitrogens with zero attached hydrogens (tertiary/aromatic N) is 4. The van der Waals surface area contributed by atoms with Crippen LogP contribution in [0.15, 0.2) is 89.7 Å². The van der Waals surface area contributed by atoms with Crippen molar-refractivity contribution in [1.82, 2.24) is 30.4 Å². The van der Waals surface area contributed by atoms with Gasteiger partial charge in [-0.15, -0.1) is 0 Å². The second kappa shape index (κ2) is 10.1. The summed E-state index contributed by atoms with van der Waals surface area (Å²) in [5, 5.41) is 17.5. The van der Waals surface area contributed by atoms with Crippen molar-refractivity contribution in [2.24, 2.45) is 0 Å². The van der Waals surface area contributed by atoms with Crippen molar-refractivity contribution in [2.75, 3.05) is 7.11 Å². The molecule has 0 fully saturated rings. The summed E-state index contributed by atoms with van der Waals surface area (Å²) < 4.78 is 10.7. The number of rotatable bonds is 7. The van der Waals surface area contributed by atoms with Crippen LogP contribution in [0.5, 0.6) is 11.6 Å². The number of carbonyl (C=O) groups is 1. The first-order valence-electron chi connectivity index (χ1n) is 12.1. The lowest BCUT2D eigenvalue weighted by Crippen LogP contribution is -2.22. The number of imidazole rings is 1. The number of hydrogen-bond acceptors (Lipinski definition) is 8. The third-order valence-electron chi connectivity index (χ3n) is 6.18. The van der Waals surface area contributed by atoms with Gasteiger partial charge in [0.25, 0.3) is 5.91 Å². The van der Waals surface area contributed by atoms with Crippen molar-refractivity contribution in [3.05, 3.63) is 96.5 Å². The zero-order valence-corrected chi connectivity index (χ0v) is 20.8. The number of phenols is 1. The normalized spacial score (nSPS) is 11.0. The predicted octanol–water partition coefficient (Wildman–Crippen LogP) is 4.99. The molecule has 2 aromatic carbocycles. The van der Waals surface area contributed by atoms with Crippen molar-refractivity contribution in [3.8, 4) is 45.5 Å². The number of methoxy groups -OCH3 is 1. The zero-order valence-electron chi connectivity index (χ0n) is 20.8. The number of H-pyrrole nitrogens is 1.